The summed E-state index contributed by atoms with van der Waals surface area (Å²) in [6.45, 7) is 0. The van der Waals surface area contributed by atoms with Crippen LogP contribution in [-0.4, -0.2) is 9.97 Å². The van der Waals surface area contributed by atoms with Crippen LogP contribution < -0.4 is 0 Å². The minimum absolute atomic E-state index is 0.461. The van der Waals surface area contributed by atoms with E-state index in [4.69, 9.17) is 39.2 Å². The zero-order valence-electron chi connectivity index (χ0n) is 11.4. The van der Waals surface area contributed by atoms with Crippen molar-refractivity contribution >= 4 is 56.4 Å². The minimum Gasteiger partial charge on any atom is -0.442 e. The van der Waals surface area contributed by atoms with E-state index in [-0.39, 0.29) is 0 Å². The predicted octanol–water partition coefficient (Wildman–Crippen LogP) is 6.58. The molecule has 0 aliphatic rings. The van der Waals surface area contributed by atoms with Crippen LogP contribution in [0.1, 0.15) is 0 Å². The van der Waals surface area contributed by atoms with Gasteiger partial charge in [0.1, 0.15) is 12.0 Å². The number of fused-ring (bicyclic) bond motifs is 1. The summed E-state index contributed by atoms with van der Waals surface area (Å²) < 4.78 is 6.59. The van der Waals surface area contributed by atoms with Crippen molar-refractivity contribution < 1.29 is 4.42 Å². The molecule has 3 nitrogen and oxygen atoms in total. The first kappa shape index (κ1) is 15.0. The van der Waals surface area contributed by atoms with Crippen LogP contribution in [0.15, 0.2) is 47.1 Å². The van der Waals surface area contributed by atoms with E-state index in [9.17, 15) is 0 Å². The Hall–Kier alpha value is -1.59. The SMILES string of the molecule is Clc1ccc2sc(-c3nc(-c4ccc(Cl)c(Cl)c4)co3)nc2c1. The van der Waals surface area contributed by atoms with E-state index < -0.39 is 0 Å². The average molecular weight is 382 g/mol. The van der Waals surface area contributed by atoms with Gasteiger partial charge in [0.05, 0.1) is 20.3 Å². The fourth-order valence-corrected chi connectivity index (χ4v) is 3.50. The smallest absolute Gasteiger partial charge is 0.256 e. The highest BCUT2D eigenvalue weighted by Gasteiger charge is 2.14. The van der Waals surface area contributed by atoms with Gasteiger partial charge in [-0.15, -0.1) is 11.3 Å². The fraction of sp³-hybridized carbons (Fsp3) is 0. The third-order valence-corrected chi connectivity index (χ3v) is 5.25. The van der Waals surface area contributed by atoms with Crippen LogP contribution in [0.3, 0.4) is 0 Å². The average Bonchev–Trinajstić information content (AvgIpc) is 3.15. The molecule has 0 N–H and O–H groups in total. The molecule has 0 aliphatic heterocycles. The van der Waals surface area contributed by atoms with Gasteiger partial charge in [-0.1, -0.05) is 40.9 Å². The molecular weight excluding hydrogens is 375 g/mol. The molecule has 0 unspecified atom stereocenters. The number of hydrogen-bond donors (Lipinski definition) is 0. The maximum Gasteiger partial charge on any atom is 0.256 e. The molecule has 4 rings (SSSR count). The Bertz CT molecular complexity index is 1030. The third-order valence-electron chi connectivity index (χ3n) is 3.25. The van der Waals surface area contributed by atoms with E-state index in [1.165, 1.54) is 11.3 Å². The van der Waals surface area contributed by atoms with Crippen molar-refractivity contribution in [2.24, 2.45) is 0 Å². The van der Waals surface area contributed by atoms with Gasteiger partial charge < -0.3 is 4.42 Å². The van der Waals surface area contributed by atoms with Gasteiger partial charge in [-0.2, -0.15) is 0 Å². The maximum absolute atomic E-state index is 6.04. The van der Waals surface area contributed by atoms with Crippen molar-refractivity contribution in [1.29, 1.82) is 0 Å². The topological polar surface area (TPSA) is 38.9 Å². The van der Waals surface area contributed by atoms with Crippen molar-refractivity contribution in [3.05, 3.63) is 57.7 Å². The molecule has 0 saturated heterocycles. The molecule has 0 bridgehead atoms. The molecule has 0 atom stereocenters. The molecule has 23 heavy (non-hydrogen) atoms. The van der Waals surface area contributed by atoms with Crippen molar-refractivity contribution in [1.82, 2.24) is 9.97 Å². The Morgan fingerprint density at radius 2 is 1.78 bits per heavy atom. The summed E-state index contributed by atoms with van der Waals surface area (Å²) in [7, 11) is 0. The van der Waals surface area contributed by atoms with Crippen molar-refractivity contribution in [3.8, 4) is 22.2 Å². The molecule has 4 aromatic rings. The molecule has 2 aromatic heterocycles. The Morgan fingerprint density at radius 3 is 2.61 bits per heavy atom. The van der Waals surface area contributed by atoms with E-state index in [2.05, 4.69) is 9.97 Å². The Labute approximate surface area is 150 Å². The fourth-order valence-electron chi connectivity index (χ4n) is 2.15. The van der Waals surface area contributed by atoms with Crippen LogP contribution in [0.25, 0.3) is 32.4 Å². The Balaban J connectivity index is 1.75. The quantitative estimate of drug-likeness (QED) is 0.394. The number of nitrogens with zero attached hydrogens (tertiary/aromatic N) is 2. The number of halogens is 3. The standard InChI is InChI=1S/C16H7Cl3N2OS/c17-9-2-4-14-12(6-9)21-16(23-14)15-20-13(7-22-15)8-1-3-10(18)11(19)5-8/h1-7H. The molecule has 0 fully saturated rings. The van der Waals surface area contributed by atoms with E-state index in [0.717, 1.165) is 15.8 Å². The van der Waals surface area contributed by atoms with Crippen LogP contribution >= 0.6 is 46.1 Å². The minimum atomic E-state index is 0.461. The Kier molecular flexibility index (Phi) is 3.77. The second-order valence-electron chi connectivity index (χ2n) is 4.80. The van der Waals surface area contributed by atoms with E-state index in [1.807, 2.05) is 24.3 Å². The number of aromatic nitrogens is 2. The van der Waals surface area contributed by atoms with E-state index >= 15 is 0 Å². The largest absolute Gasteiger partial charge is 0.442 e. The highest BCUT2D eigenvalue weighted by Crippen LogP contribution is 2.33. The lowest BCUT2D eigenvalue weighted by molar-refractivity contribution is 0.574. The zero-order chi connectivity index (χ0) is 16.0. The summed E-state index contributed by atoms with van der Waals surface area (Å²) >= 11 is 19.5. The molecule has 114 valence electrons. The number of rotatable bonds is 2. The second kappa shape index (κ2) is 5.80. The molecule has 0 aliphatic carbocycles. The maximum atomic E-state index is 6.04. The summed E-state index contributed by atoms with van der Waals surface area (Å²) in [5.74, 6) is 0.461. The van der Waals surface area contributed by atoms with Crippen molar-refractivity contribution in [2.45, 2.75) is 0 Å². The third kappa shape index (κ3) is 2.83. The van der Waals surface area contributed by atoms with Gasteiger partial charge >= 0.3 is 0 Å². The molecule has 7 heteroatoms. The molecule has 2 aromatic carbocycles. The highest BCUT2D eigenvalue weighted by molar-refractivity contribution is 7.21. The van der Waals surface area contributed by atoms with Gasteiger partial charge in [0.25, 0.3) is 5.89 Å². The molecule has 0 saturated carbocycles. The van der Waals surface area contributed by atoms with Crippen LogP contribution in [-0.2, 0) is 0 Å². The summed E-state index contributed by atoms with van der Waals surface area (Å²) in [5.41, 5.74) is 2.33. The first-order valence-corrected chi connectivity index (χ1v) is 8.52. The number of hydrogen-bond acceptors (Lipinski definition) is 4. The lowest BCUT2D eigenvalue weighted by Gasteiger charge is -1.98. The lowest BCUT2D eigenvalue weighted by atomic mass is 10.2. The van der Waals surface area contributed by atoms with Crippen LogP contribution in [0.4, 0.5) is 0 Å². The normalized spacial score (nSPS) is 11.3. The van der Waals surface area contributed by atoms with Gasteiger partial charge in [-0.05, 0) is 30.3 Å². The predicted molar refractivity (Wildman–Crippen MR) is 95.6 cm³/mol. The molecule has 0 spiro atoms. The molecule has 0 amide bonds. The van der Waals surface area contributed by atoms with Gasteiger partial charge in [0.2, 0.25) is 0 Å². The number of oxazole rings is 1. The van der Waals surface area contributed by atoms with Gasteiger partial charge in [0, 0.05) is 10.6 Å². The first-order valence-electron chi connectivity index (χ1n) is 6.57. The summed E-state index contributed by atoms with van der Waals surface area (Å²) in [5, 5.41) is 2.33. The Morgan fingerprint density at radius 1 is 0.913 bits per heavy atom. The van der Waals surface area contributed by atoms with Crippen molar-refractivity contribution in [3.63, 3.8) is 0 Å². The lowest BCUT2D eigenvalue weighted by Crippen LogP contribution is -1.80. The molecule has 0 radical (unpaired) electrons. The van der Waals surface area contributed by atoms with E-state index in [1.54, 1.807) is 18.4 Å². The van der Waals surface area contributed by atoms with Crippen LogP contribution in [0, 0.1) is 0 Å². The number of benzene rings is 2. The first-order chi connectivity index (χ1) is 11.1. The highest BCUT2D eigenvalue weighted by atomic mass is 35.5. The van der Waals surface area contributed by atoms with Crippen LogP contribution in [0.2, 0.25) is 15.1 Å². The van der Waals surface area contributed by atoms with Gasteiger partial charge in [0.15, 0.2) is 5.01 Å². The zero-order valence-corrected chi connectivity index (χ0v) is 14.5. The monoisotopic (exact) mass is 380 g/mol. The summed E-state index contributed by atoms with van der Waals surface area (Å²) in [6, 6.07) is 10.9. The second-order valence-corrected chi connectivity index (χ2v) is 7.08. The van der Waals surface area contributed by atoms with Gasteiger partial charge in [-0.3, -0.25) is 0 Å². The molecular formula is C16H7Cl3N2OS. The van der Waals surface area contributed by atoms with E-state index in [0.29, 0.717) is 31.7 Å². The number of thiazole rings is 1. The summed E-state index contributed by atoms with van der Waals surface area (Å²) in [4.78, 5) is 9.00. The molecule has 2 heterocycles. The van der Waals surface area contributed by atoms with Crippen LogP contribution in [0.5, 0.6) is 0 Å². The van der Waals surface area contributed by atoms with Gasteiger partial charge in [-0.25, -0.2) is 9.97 Å². The summed E-state index contributed by atoms with van der Waals surface area (Å²) in [6.07, 6.45) is 1.58. The van der Waals surface area contributed by atoms with Crippen molar-refractivity contribution in [2.75, 3.05) is 0 Å².